The van der Waals surface area contributed by atoms with E-state index in [9.17, 15) is 0 Å². The molecule has 0 unspecified atom stereocenters. The predicted molar refractivity (Wildman–Crippen MR) is 69.0 cm³/mol. The van der Waals surface area contributed by atoms with Crippen LogP contribution < -0.4 is 0 Å². The molecular formula is C15H30. The molecule has 4 aliphatic rings. The van der Waals surface area contributed by atoms with E-state index in [0.717, 1.165) is 0 Å². The molecule has 15 heavy (non-hydrogen) atoms. The maximum Gasteiger partial charge on any atom is -0.0406 e. The van der Waals surface area contributed by atoms with Crippen molar-refractivity contribution in [1.82, 2.24) is 0 Å². The van der Waals surface area contributed by atoms with E-state index in [0.29, 0.717) is 0 Å². The third kappa shape index (κ3) is 3.50. The minimum absolute atomic E-state index is 1.18. The van der Waals surface area contributed by atoms with Crippen LogP contribution in [0.4, 0.5) is 0 Å². The Balaban J connectivity index is 0.000000198. The second-order valence-corrected chi connectivity index (χ2v) is 5.59. The van der Waals surface area contributed by atoms with Crippen molar-refractivity contribution in [2.75, 3.05) is 0 Å². The fraction of sp³-hybridized carbons (Fsp3) is 1.00. The fourth-order valence-electron chi connectivity index (χ4n) is 3.98. The fourth-order valence-corrected chi connectivity index (χ4v) is 3.98. The van der Waals surface area contributed by atoms with Gasteiger partial charge in [0.2, 0.25) is 0 Å². The van der Waals surface area contributed by atoms with E-state index < -0.39 is 0 Å². The summed E-state index contributed by atoms with van der Waals surface area (Å²) < 4.78 is 0. The van der Waals surface area contributed by atoms with Crippen molar-refractivity contribution < 1.29 is 0 Å². The van der Waals surface area contributed by atoms with Gasteiger partial charge in [-0.2, -0.15) is 0 Å². The normalized spacial score (nSPS) is 40.0. The summed E-state index contributed by atoms with van der Waals surface area (Å²) in [5, 5.41) is 0. The number of rotatable bonds is 0. The van der Waals surface area contributed by atoms with Crippen LogP contribution in [0.5, 0.6) is 0 Å². The highest BCUT2D eigenvalue weighted by atomic mass is 14.5. The molecule has 0 atom stereocenters. The topological polar surface area (TPSA) is 0 Å². The third-order valence-electron chi connectivity index (χ3n) is 4.00. The molecule has 4 saturated carbocycles. The van der Waals surface area contributed by atoms with E-state index in [1.165, 1.54) is 30.1 Å². The molecule has 0 heterocycles. The SMILES string of the molecule is C1C2CC3CC1CC(C2)C3.CC.CCC. The van der Waals surface area contributed by atoms with Crippen LogP contribution in [0, 0.1) is 23.7 Å². The van der Waals surface area contributed by atoms with Crippen LogP contribution in [0.3, 0.4) is 0 Å². The molecule has 0 aliphatic heterocycles. The van der Waals surface area contributed by atoms with Crippen molar-refractivity contribution in [2.24, 2.45) is 23.7 Å². The molecule has 0 aromatic heterocycles. The Morgan fingerprint density at radius 2 is 0.733 bits per heavy atom. The Bertz CT molecular complexity index is 103. The first-order valence-electron chi connectivity index (χ1n) is 7.31. The van der Waals surface area contributed by atoms with Crippen LogP contribution in [-0.2, 0) is 0 Å². The number of hydrogen-bond acceptors (Lipinski definition) is 0. The van der Waals surface area contributed by atoms with Gasteiger partial charge in [0.05, 0.1) is 0 Å². The van der Waals surface area contributed by atoms with Crippen LogP contribution >= 0.6 is 0 Å². The van der Waals surface area contributed by atoms with E-state index in [1.807, 2.05) is 13.8 Å². The first kappa shape index (κ1) is 13.1. The van der Waals surface area contributed by atoms with Crippen LogP contribution in [-0.4, -0.2) is 0 Å². The molecule has 0 aromatic rings. The van der Waals surface area contributed by atoms with Gasteiger partial charge in [-0.05, 0) is 62.2 Å². The van der Waals surface area contributed by atoms with Gasteiger partial charge in [0.15, 0.2) is 0 Å². The second kappa shape index (κ2) is 6.55. The monoisotopic (exact) mass is 210 g/mol. The van der Waals surface area contributed by atoms with E-state index in [1.54, 1.807) is 38.5 Å². The van der Waals surface area contributed by atoms with Crippen molar-refractivity contribution in [3.05, 3.63) is 0 Å². The van der Waals surface area contributed by atoms with Gasteiger partial charge in [-0.1, -0.05) is 34.1 Å². The van der Waals surface area contributed by atoms with Crippen LogP contribution in [0.25, 0.3) is 0 Å². The zero-order valence-corrected chi connectivity index (χ0v) is 11.3. The van der Waals surface area contributed by atoms with Gasteiger partial charge in [0, 0.05) is 0 Å². The summed E-state index contributed by atoms with van der Waals surface area (Å²) in [4.78, 5) is 0. The molecule has 0 spiro atoms. The molecule has 4 rings (SSSR count). The summed E-state index contributed by atoms with van der Waals surface area (Å²) in [6.07, 6.45) is 10.9. The molecule has 0 N–H and O–H groups in total. The van der Waals surface area contributed by atoms with Gasteiger partial charge < -0.3 is 0 Å². The summed E-state index contributed by atoms with van der Waals surface area (Å²) >= 11 is 0. The van der Waals surface area contributed by atoms with Gasteiger partial charge in [-0.25, -0.2) is 0 Å². The molecule has 0 saturated heterocycles. The number of hydrogen-bond donors (Lipinski definition) is 0. The molecule has 0 radical (unpaired) electrons. The van der Waals surface area contributed by atoms with Crippen molar-refractivity contribution in [1.29, 1.82) is 0 Å². The first-order valence-corrected chi connectivity index (χ1v) is 7.31. The van der Waals surface area contributed by atoms with Crippen molar-refractivity contribution in [3.63, 3.8) is 0 Å². The highest BCUT2D eigenvalue weighted by Crippen LogP contribution is 2.53. The Labute approximate surface area is 96.8 Å². The molecule has 4 fully saturated rings. The third-order valence-corrected chi connectivity index (χ3v) is 4.00. The van der Waals surface area contributed by atoms with E-state index in [2.05, 4.69) is 13.8 Å². The average molecular weight is 210 g/mol. The predicted octanol–water partition coefficient (Wildman–Crippen LogP) is 5.28. The summed E-state index contributed by atoms with van der Waals surface area (Å²) in [6, 6.07) is 0. The molecular weight excluding hydrogens is 180 g/mol. The quantitative estimate of drug-likeness (QED) is 0.510. The maximum atomic E-state index is 2.12. The lowest BCUT2D eigenvalue weighted by atomic mass is 9.56. The van der Waals surface area contributed by atoms with E-state index in [-0.39, 0.29) is 0 Å². The molecule has 4 bridgehead atoms. The molecule has 0 aromatic carbocycles. The van der Waals surface area contributed by atoms with Crippen LogP contribution in [0.1, 0.15) is 72.6 Å². The summed E-state index contributed by atoms with van der Waals surface area (Å²) in [5.41, 5.74) is 0. The highest BCUT2D eigenvalue weighted by Gasteiger charge is 2.41. The summed E-state index contributed by atoms with van der Waals surface area (Å²) in [7, 11) is 0. The largest absolute Gasteiger partial charge is 0.0683 e. The van der Waals surface area contributed by atoms with Gasteiger partial charge >= 0.3 is 0 Å². The molecule has 0 heteroatoms. The molecule has 90 valence electrons. The lowest BCUT2D eigenvalue weighted by molar-refractivity contribution is 0.0198. The van der Waals surface area contributed by atoms with Gasteiger partial charge in [0.25, 0.3) is 0 Å². The Morgan fingerprint density at radius 1 is 0.600 bits per heavy atom. The van der Waals surface area contributed by atoms with Gasteiger partial charge in [0.1, 0.15) is 0 Å². The Kier molecular flexibility index (Phi) is 5.71. The first-order chi connectivity index (χ1) is 7.31. The average Bonchev–Trinajstić information content (AvgIpc) is 2.19. The van der Waals surface area contributed by atoms with E-state index in [4.69, 9.17) is 0 Å². The van der Waals surface area contributed by atoms with Crippen LogP contribution in [0.15, 0.2) is 0 Å². The Hall–Kier alpha value is 0. The maximum absolute atomic E-state index is 2.12. The minimum atomic E-state index is 1.18. The molecule has 0 amide bonds. The molecule has 0 nitrogen and oxygen atoms in total. The standard InChI is InChI=1S/C10H16.C3H8.C2H6/c1-7-2-9-4-8(1)5-10(3-7)6-9;1-3-2;1-2/h7-10H,1-6H2;3H2,1-2H3;1-2H3. The smallest absolute Gasteiger partial charge is 0.0406 e. The lowest BCUT2D eigenvalue weighted by Crippen LogP contribution is -2.38. The summed E-state index contributed by atoms with van der Waals surface area (Å²) in [5.74, 6) is 4.71. The highest BCUT2D eigenvalue weighted by molar-refractivity contribution is 4.92. The lowest BCUT2D eigenvalue weighted by Gasteiger charge is -2.49. The van der Waals surface area contributed by atoms with Crippen molar-refractivity contribution in [2.45, 2.75) is 72.6 Å². The minimum Gasteiger partial charge on any atom is -0.0683 e. The van der Waals surface area contributed by atoms with Crippen LogP contribution in [0.2, 0.25) is 0 Å². The zero-order valence-electron chi connectivity index (χ0n) is 11.3. The summed E-state index contributed by atoms with van der Waals surface area (Å²) in [6.45, 7) is 8.25. The van der Waals surface area contributed by atoms with Gasteiger partial charge in [-0.15, -0.1) is 0 Å². The second-order valence-electron chi connectivity index (χ2n) is 5.59. The Morgan fingerprint density at radius 3 is 0.867 bits per heavy atom. The van der Waals surface area contributed by atoms with E-state index >= 15 is 0 Å². The van der Waals surface area contributed by atoms with Crippen molar-refractivity contribution in [3.8, 4) is 0 Å². The molecule has 4 aliphatic carbocycles. The van der Waals surface area contributed by atoms with Gasteiger partial charge in [-0.3, -0.25) is 0 Å². The zero-order chi connectivity index (χ0) is 11.3. The van der Waals surface area contributed by atoms with Crippen molar-refractivity contribution >= 4 is 0 Å².